The topological polar surface area (TPSA) is 85.3 Å². The van der Waals surface area contributed by atoms with Gasteiger partial charge in [0.05, 0.1) is 24.0 Å². The van der Waals surface area contributed by atoms with Crippen LogP contribution in [0.3, 0.4) is 0 Å². The van der Waals surface area contributed by atoms with Crippen LogP contribution < -0.4 is 5.56 Å². The summed E-state index contributed by atoms with van der Waals surface area (Å²) in [5, 5.41) is 16.0. The quantitative estimate of drug-likeness (QED) is 0.462. The smallest absolute Gasteiger partial charge is 0.291 e. The van der Waals surface area contributed by atoms with Gasteiger partial charge in [-0.3, -0.25) is 9.79 Å². The minimum absolute atomic E-state index is 0.128. The maximum Gasteiger partial charge on any atom is 0.291 e. The molecule has 0 spiro atoms. The summed E-state index contributed by atoms with van der Waals surface area (Å²) in [6, 6.07) is 13.3. The Kier molecular flexibility index (Phi) is 4.22. The highest BCUT2D eigenvalue weighted by atomic mass is 32.1. The molecule has 1 aliphatic rings. The summed E-state index contributed by atoms with van der Waals surface area (Å²) in [6.07, 6.45) is 4.28. The van der Waals surface area contributed by atoms with Gasteiger partial charge >= 0.3 is 0 Å². The van der Waals surface area contributed by atoms with E-state index in [0.29, 0.717) is 25.0 Å². The van der Waals surface area contributed by atoms with E-state index in [1.165, 1.54) is 10.2 Å². The Hall–Kier alpha value is -3.78. The van der Waals surface area contributed by atoms with Gasteiger partial charge in [0, 0.05) is 30.6 Å². The molecule has 0 amide bonds. The molecule has 0 aliphatic carbocycles. The van der Waals surface area contributed by atoms with Crippen LogP contribution in [0.15, 0.2) is 58.4 Å². The Morgan fingerprint density at radius 3 is 2.94 bits per heavy atom. The van der Waals surface area contributed by atoms with Gasteiger partial charge in [0.2, 0.25) is 0 Å². The summed E-state index contributed by atoms with van der Waals surface area (Å²) in [5.74, 6) is 0.245. The van der Waals surface area contributed by atoms with E-state index in [2.05, 4.69) is 16.2 Å². The highest BCUT2D eigenvalue weighted by molar-refractivity contribution is 7.19. The number of aliphatic imine (C=N–C) groups is 1. The summed E-state index contributed by atoms with van der Waals surface area (Å²) < 4.78 is 4.34. The van der Waals surface area contributed by atoms with E-state index >= 15 is 0 Å². The van der Waals surface area contributed by atoms with Crippen LogP contribution in [0.5, 0.6) is 5.75 Å². The van der Waals surface area contributed by atoms with Gasteiger partial charge in [-0.25, -0.2) is 9.67 Å². The summed E-state index contributed by atoms with van der Waals surface area (Å²) in [7, 11) is 1.88. The third-order valence-electron chi connectivity index (χ3n) is 5.92. The van der Waals surface area contributed by atoms with Crippen LogP contribution in [0.25, 0.3) is 21.3 Å². The summed E-state index contributed by atoms with van der Waals surface area (Å²) >= 11 is 1.56. The average molecular weight is 442 g/mol. The first-order chi connectivity index (χ1) is 15.6. The lowest BCUT2D eigenvalue weighted by atomic mass is 10.0. The van der Waals surface area contributed by atoms with Crippen molar-refractivity contribution in [1.82, 2.24) is 19.3 Å². The van der Waals surface area contributed by atoms with Gasteiger partial charge < -0.3 is 9.67 Å². The Morgan fingerprint density at radius 2 is 2.06 bits per heavy atom. The summed E-state index contributed by atoms with van der Waals surface area (Å²) in [6.45, 7) is 1.09. The molecule has 7 nitrogen and oxygen atoms in total. The fourth-order valence-corrected chi connectivity index (χ4v) is 5.51. The van der Waals surface area contributed by atoms with Crippen LogP contribution in [-0.2, 0) is 26.6 Å². The highest BCUT2D eigenvalue weighted by Gasteiger charge is 2.19. The number of hydrogen-bond donors (Lipinski definition) is 1. The molecule has 3 aromatic heterocycles. The zero-order valence-corrected chi connectivity index (χ0v) is 18.1. The molecule has 1 aliphatic heterocycles. The van der Waals surface area contributed by atoms with Crippen molar-refractivity contribution < 1.29 is 5.11 Å². The van der Waals surface area contributed by atoms with Gasteiger partial charge in [-0.1, -0.05) is 30.3 Å². The molecule has 0 unspecified atom stereocenters. The minimum atomic E-state index is -0.128. The van der Waals surface area contributed by atoms with Crippen molar-refractivity contribution in [2.75, 3.05) is 0 Å². The fraction of sp³-hybridized carbons (Fsp3) is 0.167. The molecule has 6 rings (SSSR count). The van der Waals surface area contributed by atoms with Gasteiger partial charge in [-0.05, 0) is 28.8 Å². The molecule has 0 bridgehead atoms. The lowest BCUT2D eigenvalue weighted by molar-refractivity contribution is 0.474. The number of hydrogen-bond acceptors (Lipinski definition) is 6. The molecule has 1 N–H and O–H groups in total. The number of aryl methyl sites for hydroxylation is 1. The Morgan fingerprint density at radius 1 is 1.19 bits per heavy atom. The fourth-order valence-electron chi connectivity index (χ4n) is 4.37. The molecular formula is C24H19N5O2S. The van der Waals surface area contributed by atoms with E-state index < -0.39 is 0 Å². The van der Waals surface area contributed by atoms with Crippen LogP contribution in [0.2, 0.25) is 0 Å². The molecule has 8 heteroatoms. The van der Waals surface area contributed by atoms with Crippen LogP contribution >= 0.6 is 11.3 Å². The SMILES string of the molecule is Cn1c2nc(Cc3cccc(O)c3)sc2c2cnn(Cc3cccc4c3C=NC4)c(=O)c21. The van der Waals surface area contributed by atoms with E-state index in [1.54, 1.807) is 29.7 Å². The Bertz CT molecular complexity index is 1610. The number of nitrogens with zero attached hydrogens (tertiary/aromatic N) is 5. The number of thiazole rings is 1. The normalized spacial score (nSPS) is 12.8. The van der Waals surface area contributed by atoms with Crippen molar-refractivity contribution in [3.05, 3.63) is 86.3 Å². The Balaban J connectivity index is 1.41. The predicted molar refractivity (Wildman–Crippen MR) is 126 cm³/mol. The van der Waals surface area contributed by atoms with Crippen molar-refractivity contribution in [3.63, 3.8) is 0 Å². The molecule has 5 aromatic rings. The Labute approximate surface area is 186 Å². The number of rotatable bonds is 4. The van der Waals surface area contributed by atoms with E-state index in [0.717, 1.165) is 37.4 Å². The molecule has 2 aromatic carbocycles. The van der Waals surface area contributed by atoms with Gasteiger partial charge in [0.25, 0.3) is 5.56 Å². The van der Waals surface area contributed by atoms with E-state index in [1.807, 2.05) is 42.1 Å². The van der Waals surface area contributed by atoms with E-state index in [4.69, 9.17) is 4.98 Å². The molecule has 158 valence electrons. The largest absolute Gasteiger partial charge is 0.508 e. The monoisotopic (exact) mass is 441 g/mol. The van der Waals surface area contributed by atoms with Crippen LogP contribution in [-0.4, -0.2) is 30.7 Å². The maximum atomic E-state index is 13.3. The van der Waals surface area contributed by atoms with Crippen molar-refractivity contribution in [2.24, 2.45) is 12.0 Å². The van der Waals surface area contributed by atoms with Crippen LogP contribution in [0.1, 0.15) is 27.3 Å². The maximum absolute atomic E-state index is 13.3. The molecule has 4 heterocycles. The number of aromatic hydroxyl groups is 1. The summed E-state index contributed by atoms with van der Waals surface area (Å²) in [4.78, 5) is 22.5. The lowest BCUT2D eigenvalue weighted by Gasteiger charge is -2.09. The molecule has 0 fully saturated rings. The number of phenols is 1. The standard InChI is InChI=1S/C24H19N5O2S/c1-28-21-19(22-23(28)27-20(32-22)9-14-4-2-7-17(30)8-14)12-26-29(24(21)31)13-16-6-3-5-15-10-25-11-18(15)16/h2-8,11-12,30H,9-10,13H2,1H3. The van der Waals surface area contributed by atoms with Crippen molar-refractivity contribution in [2.45, 2.75) is 19.5 Å². The number of aromatic nitrogens is 4. The first kappa shape index (κ1) is 18.9. The minimum Gasteiger partial charge on any atom is -0.508 e. The average Bonchev–Trinajstić information content (AvgIpc) is 3.47. The van der Waals surface area contributed by atoms with Gasteiger partial charge in [-0.2, -0.15) is 5.10 Å². The summed E-state index contributed by atoms with van der Waals surface area (Å²) in [5.41, 5.74) is 5.57. The van der Waals surface area contributed by atoms with Crippen LogP contribution in [0, 0.1) is 0 Å². The van der Waals surface area contributed by atoms with Crippen molar-refractivity contribution in [1.29, 1.82) is 0 Å². The van der Waals surface area contributed by atoms with Crippen molar-refractivity contribution >= 4 is 38.8 Å². The molecule has 0 saturated carbocycles. The molecular weight excluding hydrogens is 422 g/mol. The second kappa shape index (κ2) is 7.13. The van der Waals surface area contributed by atoms with Gasteiger partial charge in [0.1, 0.15) is 16.3 Å². The zero-order chi connectivity index (χ0) is 21.8. The first-order valence-corrected chi connectivity index (χ1v) is 11.1. The molecule has 0 saturated heterocycles. The molecule has 0 atom stereocenters. The molecule has 32 heavy (non-hydrogen) atoms. The highest BCUT2D eigenvalue weighted by Crippen LogP contribution is 2.32. The predicted octanol–water partition coefficient (Wildman–Crippen LogP) is 3.62. The van der Waals surface area contributed by atoms with Gasteiger partial charge in [-0.15, -0.1) is 11.3 Å². The third kappa shape index (κ3) is 2.95. The third-order valence-corrected chi connectivity index (χ3v) is 7.00. The molecule has 0 radical (unpaired) electrons. The number of fused-ring (bicyclic) bond motifs is 4. The van der Waals surface area contributed by atoms with E-state index in [9.17, 15) is 9.90 Å². The van der Waals surface area contributed by atoms with Crippen molar-refractivity contribution in [3.8, 4) is 5.75 Å². The zero-order valence-electron chi connectivity index (χ0n) is 17.3. The number of benzene rings is 2. The number of phenolic OH excluding ortho intramolecular Hbond substituents is 1. The van der Waals surface area contributed by atoms with E-state index in [-0.39, 0.29) is 11.3 Å². The lowest BCUT2D eigenvalue weighted by Crippen LogP contribution is -2.25. The second-order valence-electron chi connectivity index (χ2n) is 8.00. The van der Waals surface area contributed by atoms with Gasteiger partial charge in [0.15, 0.2) is 5.65 Å². The van der Waals surface area contributed by atoms with Crippen LogP contribution in [0.4, 0.5) is 0 Å². The first-order valence-electron chi connectivity index (χ1n) is 10.3. The second-order valence-corrected chi connectivity index (χ2v) is 9.08.